The number of nitrogens with zero attached hydrogens (tertiary/aromatic N) is 5. The number of pyridine rings is 1. The van der Waals surface area contributed by atoms with Crippen molar-refractivity contribution in [3.8, 4) is 0 Å². The maximum atomic E-state index is 4.68. The summed E-state index contributed by atoms with van der Waals surface area (Å²) in [5.41, 5.74) is 1.27. The van der Waals surface area contributed by atoms with Gasteiger partial charge in [0.2, 0.25) is 5.13 Å². The third kappa shape index (κ3) is 4.26. The van der Waals surface area contributed by atoms with E-state index in [-0.39, 0.29) is 0 Å². The molecule has 2 aromatic rings. The molecule has 3 rings (SSSR count). The molecule has 2 aromatic heterocycles. The molecule has 1 saturated heterocycles. The van der Waals surface area contributed by atoms with Crippen LogP contribution in [0, 0.1) is 5.92 Å². The third-order valence-electron chi connectivity index (χ3n) is 4.25. The van der Waals surface area contributed by atoms with Crippen LogP contribution in [0.5, 0.6) is 0 Å². The van der Waals surface area contributed by atoms with Crippen molar-refractivity contribution in [3.05, 3.63) is 35.9 Å². The first-order chi connectivity index (χ1) is 11.1. The van der Waals surface area contributed by atoms with Crippen LogP contribution in [0.1, 0.15) is 37.6 Å². The van der Waals surface area contributed by atoms with Gasteiger partial charge in [-0.15, -0.1) is 0 Å². The normalized spacial score (nSPS) is 18.3. The number of aromatic nitrogens is 3. The summed E-state index contributed by atoms with van der Waals surface area (Å²) in [5, 5.41) is 1.09. The van der Waals surface area contributed by atoms with E-state index in [0.29, 0.717) is 11.8 Å². The van der Waals surface area contributed by atoms with E-state index < -0.39 is 0 Å². The quantitative estimate of drug-likeness (QED) is 0.814. The molecule has 1 aliphatic rings. The molecule has 1 atom stereocenters. The van der Waals surface area contributed by atoms with Gasteiger partial charge in [-0.05, 0) is 31.0 Å². The average Bonchev–Trinajstić information content (AvgIpc) is 3.16. The monoisotopic (exact) mass is 331 g/mol. The van der Waals surface area contributed by atoms with Crippen LogP contribution in [-0.2, 0) is 6.54 Å². The first-order valence-electron chi connectivity index (χ1n) is 8.28. The van der Waals surface area contributed by atoms with Gasteiger partial charge in [-0.3, -0.25) is 4.98 Å². The van der Waals surface area contributed by atoms with Crippen molar-refractivity contribution in [2.45, 2.75) is 32.7 Å². The maximum Gasteiger partial charge on any atom is 0.205 e. The van der Waals surface area contributed by atoms with E-state index in [0.717, 1.165) is 37.1 Å². The lowest BCUT2D eigenvalue weighted by Crippen LogP contribution is -2.28. The molecule has 0 amide bonds. The Bertz CT molecular complexity index is 612. The van der Waals surface area contributed by atoms with Gasteiger partial charge in [0.1, 0.15) is 5.82 Å². The van der Waals surface area contributed by atoms with Gasteiger partial charge < -0.3 is 9.80 Å². The average molecular weight is 331 g/mol. The summed E-state index contributed by atoms with van der Waals surface area (Å²) < 4.78 is 4.47. The van der Waals surface area contributed by atoms with Crippen LogP contribution in [0.15, 0.2) is 24.5 Å². The summed E-state index contributed by atoms with van der Waals surface area (Å²) in [6, 6.07) is 4.14. The second-order valence-electron chi connectivity index (χ2n) is 6.75. The van der Waals surface area contributed by atoms with Gasteiger partial charge in [0.25, 0.3) is 0 Å². The van der Waals surface area contributed by atoms with Crippen LogP contribution in [0.4, 0.5) is 5.13 Å². The molecule has 5 nitrogen and oxygen atoms in total. The highest BCUT2D eigenvalue weighted by atomic mass is 32.1. The second kappa shape index (κ2) is 7.36. The SMILES string of the molecule is CC(C)c1nsc(N2CC[C@H](CN(C)Cc3cccnc3)C2)n1. The highest BCUT2D eigenvalue weighted by Gasteiger charge is 2.26. The predicted octanol–water partition coefficient (Wildman–Crippen LogP) is 3.01. The molecule has 1 aliphatic heterocycles. The first-order valence-corrected chi connectivity index (χ1v) is 9.05. The summed E-state index contributed by atoms with van der Waals surface area (Å²) >= 11 is 1.54. The van der Waals surface area contributed by atoms with Crippen molar-refractivity contribution >= 4 is 16.7 Å². The van der Waals surface area contributed by atoms with E-state index in [9.17, 15) is 0 Å². The Hall–Kier alpha value is -1.53. The minimum absolute atomic E-state index is 0.406. The van der Waals surface area contributed by atoms with Crippen LogP contribution in [0.3, 0.4) is 0 Å². The Morgan fingerprint density at radius 3 is 3.00 bits per heavy atom. The lowest BCUT2D eigenvalue weighted by molar-refractivity contribution is 0.279. The molecule has 124 valence electrons. The summed E-state index contributed by atoms with van der Waals surface area (Å²) in [7, 11) is 2.19. The lowest BCUT2D eigenvalue weighted by atomic mass is 10.1. The second-order valence-corrected chi connectivity index (χ2v) is 7.48. The summed E-state index contributed by atoms with van der Waals surface area (Å²) in [6.07, 6.45) is 5.01. The van der Waals surface area contributed by atoms with Gasteiger partial charge in [0.05, 0.1) is 0 Å². The fourth-order valence-corrected chi connectivity index (χ4v) is 3.90. The van der Waals surface area contributed by atoms with Crippen LogP contribution in [0.25, 0.3) is 0 Å². The fraction of sp³-hybridized carbons (Fsp3) is 0.588. The molecule has 6 heteroatoms. The molecule has 0 aliphatic carbocycles. The van der Waals surface area contributed by atoms with Gasteiger partial charge in [0.15, 0.2) is 0 Å². The standard InChI is InChI=1S/C17H25N5S/c1-13(2)16-19-17(23-20-16)22-8-6-15(12-22)11-21(3)10-14-5-4-7-18-9-14/h4-5,7,9,13,15H,6,8,10-12H2,1-3H3/t15-/m1/s1. The van der Waals surface area contributed by atoms with E-state index in [1.165, 1.54) is 12.0 Å². The Morgan fingerprint density at radius 1 is 1.43 bits per heavy atom. The largest absolute Gasteiger partial charge is 0.347 e. The van der Waals surface area contributed by atoms with E-state index in [1.807, 2.05) is 18.5 Å². The van der Waals surface area contributed by atoms with E-state index in [4.69, 9.17) is 0 Å². The van der Waals surface area contributed by atoms with Crippen LogP contribution < -0.4 is 4.90 Å². The summed E-state index contributed by atoms with van der Waals surface area (Å²) in [6.45, 7) is 8.54. The topological polar surface area (TPSA) is 45.2 Å². The van der Waals surface area contributed by atoms with Crippen LogP contribution >= 0.6 is 11.5 Å². The van der Waals surface area contributed by atoms with Crippen molar-refractivity contribution in [2.24, 2.45) is 5.92 Å². The number of hydrogen-bond donors (Lipinski definition) is 0. The molecule has 3 heterocycles. The zero-order chi connectivity index (χ0) is 16.2. The highest BCUT2D eigenvalue weighted by molar-refractivity contribution is 7.09. The van der Waals surface area contributed by atoms with Crippen molar-refractivity contribution < 1.29 is 0 Å². The molecule has 0 saturated carbocycles. The smallest absolute Gasteiger partial charge is 0.205 e. The number of rotatable bonds is 6. The minimum atomic E-state index is 0.406. The zero-order valence-electron chi connectivity index (χ0n) is 14.1. The Kier molecular flexibility index (Phi) is 5.23. The Labute approximate surface area is 142 Å². The van der Waals surface area contributed by atoms with Crippen LogP contribution in [0.2, 0.25) is 0 Å². The molecular weight excluding hydrogens is 306 g/mol. The van der Waals surface area contributed by atoms with Gasteiger partial charge in [-0.25, -0.2) is 4.98 Å². The molecule has 0 N–H and O–H groups in total. The van der Waals surface area contributed by atoms with Crippen molar-refractivity contribution in [1.29, 1.82) is 0 Å². The Balaban J connectivity index is 1.51. The van der Waals surface area contributed by atoms with Gasteiger partial charge in [0, 0.05) is 56.0 Å². The molecule has 0 radical (unpaired) electrons. The van der Waals surface area contributed by atoms with E-state index in [1.54, 1.807) is 11.5 Å². The molecular formula is C17H25N5S. The third-order valence-corrected chi connectivity index (χ3v) is 5.04. The number of anilines is 1. The lowest BCUT2D eigenvalue weighted by Gasteiger charge is -2.21. The van der Waals surface area contributed by atoms with Gasteiger partial charge in [-0.2, -0.15) is 4.37 Å². The zero-order valence-corrected chi connectivity index (χ0v) is 15.0. The molecule has 1 fully saturated rings. The van der Waals surface area contributed by atoms with Crippen LogP contribution in [-0.4, -0.2) is 45.9 Å². The van der Waals surface area contributed by atoms with Gasteiger partial charge >= 0.3 is 0 Å². The predicted molar refractivity (Wildman–Crippen MR) is 94.9 cm³/mol. The Morgan fingerprint density at radius 2 is 2.30 bits per heavy atom. The summed E-state index contributed by atoms with van der Waals surface area (Å²) in [5.74, 6) is 2.08. The molecule has 0 bridgehead atoms. The molecule has 0 unspecified atom stereocenters. The minimum Gasteiger partial charge on any atom is -0.347 e. The van der Waals surface area contributed by atoms with Gasteiger partial charge in [-0.1, -0.05) is 19.9 Å². The van der Waals surface area contributed by atoms with E-state index in [2.05, 4.69) is 51.1 Å². The maximum absolute atomic E-state index is 4.68. The summed E-state index contributed by atoms with van der Waals surface area (Å²) in [4.78, 5) is 13.7. The van der Waals surface area contributed by atoms with Crippen molar-refractivity contribution in [3.63, 3.8) is 0 Å². The van der Waals surface area contributed by atoms with Crippen molar-refractivity contribution in [2.75, 3.05) is 31.6 Å². The fourth-order valence-electron chi connectivity index (χ4n) is 3.05. The first kappa shape index (κ1) is 16.3. The molecule has 23 heavy (non-hydrogen) atoms. The number of hydrogen-bond acceptors (Lipinski definition) is 6. The molecule has 0 aromatic carbocycles. The highest BCUT2D eigenvalue weighted by Crippen LogP contribution is 2.27. The van der Waals surface area contributed by atoms with E-state index >= 15 is 0 Å². The van der Waals surface area contributed by atoms with Crippen molar-refractivity contribution in [1.82, 2.24) is 19.2 Å². The molecule has 0 spiro atoms.